The maximum absolute atomic E-state index is 9.06. The van der Waals surface area contributed by atoms with Crippen molar-refractivity contribution in [3.63, 3.8) is 0 Å². The molecule has 1 atom stereocenters. The Morgan fingerprint density at radius 3 is 2.90 bits per heavy atom. The number of hydrogen-bond acceptors (Lipinski definition) is 7. The Hall–Kier alpha value is -1.67. The van der Waals surface area contributed by atoms with E-state index in [0.29, 0.717) is 17.1 Å². The Morgan fingerprint density at radius 2 is 2.25 bits per heavy atom. The Kier molecular flexibility index (Phi) is 5.31. The van der Waals surface area contributed by atoms with Gasteiger partial charge in [0, 0.05) is 31.3 Å². The molecule has 0 saturated carbocycles. The monoisotopic (exact) mass is 294 g/mol. The molecule has 0 aliphatic heterocycles. The van der Waals surface area contributed by atoms with E-state index >= 15 is 0 Å². The van der Waals surface area contributed by atoms with Crippen LogP contribution in [0.1, 0.15) is 13.8 Å². The highest BCUT2D eigenvalue weighted by Gasteiger charge is 2.10. The molecular formula is C12H18N6OS. The van der Waals surface area contributed by atoms with Crippen LogP contribution in [0.4, 0.5) is 5.95 Å². The van der Waals surface area contributed by atoms with E-state index in [4.69, 9.17) is 5.11 Å². The summed E-state index contributed by atoms with van der Waals surface area (Å²) in [6.45, 7) is 4.86. The van der Waals surface area contributed by atoms with E-state index in [2.05, 4.69) is 25.4 Å². The van der Waals surface area contributed by atoms with Crippen LogP contribution >= 0.6 is 11.8 Å². The molecule has 20 heavy (non-hydrogen) atoms. The van der Waals surface area contributed by atoms with E-state index in [1.54, 1.807) is 17.1 Å². The second-order valence-corrected chi connectivity index (χ2v) is 5.31. The number of aliphatic hydroxyl groups excluding tert-OH is 1. The third-order valence-electron chi connectivity index (χ3n) is 2.46. The van der Waals surface area contributed by atoms with Crippen molar-refractivity contribution in [2.45, 2.75) is 19.0 Å². The molecule has 0 radical (unpaired) electrons. The number of nitrogens with zero attached hydrogens (tertiary/aromatic N) is 5. The lowest BCUT2D eigenvalue weighted by Crippen LogP contribution is -2.11. The largest absolute Gasteiger partial charge is 0.396 e. The van der Waals surface area contributed by atoms with Crippen LogP contribution in [0.15, 0.2) is 23.6 Å². The third kappa shape index (κ3) is 3.91. The topological polar surface area (TPSA) is 88.8 Å². The molecule has 1 unspecified atom stereocenters. The molecule has 0 aliphatic rings. The summed E-state index contributed by atoms with van der Waals surface area (Å²) in [5, 5.41) is 16.9. The Labute approximate surface area is 121 Å². The van der Waals surface area contributed by atoms with Crippen molar-refractivity contribution >= 4 is 17.7 Å². The van der Waals surface area contributed by atoms with E-state index in [9.17, 15) is 0 Å². The van der Waals surface area contributed by atoms with Gasteiger partial charge in [-0.15, -0.1) is 0 Å². The highest BCUT2D eigenvalue weighted by atomic mass is 32.2. The molecule has 0 amide bonds. The van der Waals surface area contributed by atoms with Gasteiger partial charge < -0.3 is 10.4 Å². The lowest BCUT2D eigenvalue weighted by molar-refractivity contribution is 0.250. The Balaban J connectivity index is 2.22. The van der Waals surface area contributed by atoms with Gasteiger partial charge in [0.15, 0.2) is 5.16 Å². The SMILES string of the molecule is CCNc1nc(SCC(C)CO)nc(-n2cccn2)n1. The van der Waals surface area contributed by atoms with Crippen LogP contribution < -0.4 is 5.32 Å². The summed E-state index contributed by atoms with van der Waals surface area (Å²) < 4.78 is 1.60. The molecule has 108 valence electrons. The first-order valence-corrected chi connectivity index (χ1v) is 7.45. The van der Waals surface area contributed by atoms with Crippen molar-refractivity contribution in [1.82, 2.24) is 24.7 Å². The fraction of sp³-hybridized carbons (Fsp3) is 0.500. The van der Waals surface area contributed by atoms with Gasteiger partial charge in [-0.1, -0.05) is 18.7 Å². The molecule has 2 aromatic rings. The van der Waals surface area contributed by atoms with Crippen molar-refractivity contribution in [3.05, 3.63) is 18.5 Å². The second kappa shape index (κ2) is 7.20. The molecule has 0 saturated heterocycles. The standard InChI is InChI=1S/C12H18N6OS/c1-3-13-10-15-11(18-6-4-5-14-18)17-12(16-10)20-8-9(2)7-19/h4-6,9,19H,3,7-8H2,1-2H3,(H,13,15,16,17). The van der Waals surface area contributed by atoms with Crippen LogP contribution in [0.5, 0.6) is 0 Å². The van der Waals surface area contributed by atoms with E-state index < -0.39 is 0 Å². The molecule has 7 nitrogen and oxygen atoms in total. The molecular weight excluding hydrogens is 276 g/mol. The van der Waals surface area contributed by atoms with Gasteiger partial charge in [0.25, 0.3) is 5.95 Å². The molecule has 0 aliphatic carbocycles. The summed E-state index contributed by atoms with van der Waals surface area (Å²) in [4.78, 5) is 13.0. The summed E-state index contributed by atoms with van der Waals surface area (Å²) in [6, 6.07) is 1.82. The minimum absolute atomic E-state index is 0.157. The molecule has 8 heteroatoms. The zero-order valence-corrected chi connectivity index (χ0v) is 12.3. The molecule has 0 spiro atoms. The van der Waals surface area contributed by atoms with Gasteiger partial charge in [0.2, 0.25) is 5.95 Å². The number of anilines is 1. The first-order valence-electron chi connectivity index (χ1n) is 6.46. The molecule has 0 bridgehead atoms. The van der Waals surface area contributed by atoms with Crippen LogP contribution in [0, 0.1) is 5.92 Å². The lowest BCUT2D eigenvalue weighted by atomic mass is 10.2. The summed E-state index contributed by atoms with van der Waals surface area (Å²) in [6.07, 6.45) is 3.47. The van der Waals surface area contributed by atoms with Crippen molar-refractivity contribution in [2.24, 2.45) is 5.92 Å². The van der Waals surface area contributed by atoms with Crippen LogP contribution in [0.2, 0.25) is 0 Å². The highest BCUT2D eigenvalue weighted by Crippen LogP contribution is 2.18. The summed E-state index contributed by atoms with van der Waals surface area (Å²) in [5.41, 5.74) is 0. The fourth-order valence-electron chi connectivity index (χ4n) is 1.41. The highest BCUT2D eigenvalue weighted by molar-refractivity contribution is 7.99. The fourth-order valence-corrected chi connectivity index (χ4v) is 2.24. The zero-order chi connectivity index (χ0) is 14.4. The van der Waals surface area contributed by atoms with Crippen LogP contribution in [0.3, 0.4) is 0 Å². The summed E-state index contributed by atoms with van der Waals surface area (Å²) >= 11 is 1.50. The van der Waals surface area contributed by atoms with Gasteiger partial charge in [0.1, 0.15) is 0 Å². The molecule has 2 N–H and O–H groups in total. The summed E-state index contributed by atoms with van der Waals surface area (Å²) in [5.74, 6) is 1.98. The van der Waals surface area contributed by atoms with Crippen molar-refractivity contribution in [2.75, 3.05) is 24.2 Å². The molecule has 2 rings (SSSR count). The minimum atomic E-state index is 0.157. The average Bonchev–Trinajstić information content (AvgIpc) is 2.99. The zero-order valence-electron chi connectivity index (χ0n) is 11.5. The van der Waals surface area contributed by atoms with Crippen LogP contribution in [-0.4, -0.2) is 48.7 Å². The molecule has 2 heterocycles. The molecule has 0 aromatic carbocycles. The number of rotatable bonds is 7. The van der Waals surface area contributed by atoms with Gasteiger partial charge in [0.05, 0.1) is 0 Å². The van der Waals surface area contributed by atoms with E-state index in [0.717, 1.165) is 12.3 Å². The van der Waals surface area contributed by atoms with Crippen LogP contribution in [-0.2, 0) is 0 Å². The molecule has 0 fully saturated rings. The number of aromatic nitrogens is 5. The van der Waals surface area contributed by atoms with Crippen LogP contribution in [0.25, 0.3) is 5.95 Å². The van der Waals surface area contributed by atoms with Gasteiger partial charge in [-0.2, -0.15) is 20.1 Å². The first-order chi connectivity index (χ1) is 9.72. The van der Waals surface area contributed by atoms with Gasteiger partial charge >= 0.3 is 0 Å². The Bertz CT molecular complexity index is 533. The van der Waals surface area contributed by atoms with Crippen molar-refractivity contribution in [1.29, 1.82) is 0 Å². The number of aliphatic hydroxyl groups is 1. The predicted molar refractivity (Wildman–Crippen MR) is 78.1 cm³/mol. The van der Waals surface area contributed by atoms with E-state index in [-0.39, 0.29) is 12.5 Å². The lowest BCUT2D eigenvalue weighted by Gasteiger charge is -2.09. The smallest absolute Gasteiger partial charge is 0.256 e. The van der Waals surface area contributed by atoms with Gasteiger partial charge in [-0.3, -0.25) is 0 Å². The van der Waals surface area contributed by atoms with E-state index in [1.165, 1.54) is 11.8 Å². The minimum Gasteiger partial charge on any atom is -0.396 e. The molecule has 2 aromatic heterocycles. The average molecular weight is 294 g/mol. The quantitative estimate of drug-likeness (QED) is 0.742. The van der Waals surface area contributed by atoms with Gasteiger partial charge in [-0.05, 0) is 18.9 Å². The first kappa shape index (κ1) is 14.7. The predicted octanol–water partition coefficient (Wildman–Crippen LogP) is 1.21. The van der Waals surface area contributed by atoms with E-state index in [1.807, 2.05) is 19.9 Å². The third-order valence-corrected chi connectivity index (χ3v) is 3.63. The number of hydrogen-bond donors (Lipinski definition) is 2. The number of thioether (sulfide) groups is 1. The normalized spacial score (nSPS) is 12.3. The van der Waals surface area contributed by atoms with Gasteiger partial charge in [-0.25, -0.2) is 4.68 Å². The number of nitrogens with one attached hydrogen (secondary N) is 1. The summed E-state index contributed by atoms with van der Waals surface area (Å²) in [7, 11) is 0. The second-order valence-electron chi connectivity index (χ2n) is 4.32. The van der Waals surface area contributed by atoms with Crippen molar-refractivity contribution < 1.29 is 5.11 Å². The maximum Gasteiger partial charge on any atom is 0.256 e. The Morgan fingerprint density at radius 1 is 1.40 bits per heavy atom. The maximum atomic E-state index is 9.06. The van der Waals surface area contributed by atoms with Crippen molar-refractivity contribution in [3.8, 4) is 5.95 Å².